The first-order chi connectivity index (χ1) is 61.9. The van der Waals surface area contributed by atoms with Crippen LogP contribution in [0.4, 0.5) is 0 Å². The van der Waals surface area contributed by atoms with E-state index in [2.05, 4.69) is 79.7 Å². The topological polar surface area (TPSA) is 229 Å². The van der Waals surface area contributed by atoms with E-state index < -0.39 is 40.5 Å². The van der Waals surface area contributed by atoms with Crippen LogP contribution in [-0.2, 0) is 91.8 Å². The minimum atomic E-state index is -4.49. The molecule has 0 aliphatic carbocycles. The number of fused-ring (bicyclic) bond motifs is 4. The van der Waals surface area contributed by atoms with Gasteiger partial charge in [-0.15, -0.1) is 0 Å². The normalized spacial score (nSPS) is 11.9. The molecule has 0 saturated heterocycles. The summed E-state index contributed by atoms with van der Waals surface area (Å²) in [5, 5.41) is 6.16. The van der Waals surface area contributed by atoms with E-state index in [1.807, 2.05) is 48.5 Å². The molecular formula is C112H172O12PbS4-4. The van der Waals surface area contributed by atoms with Gasteiger partial charge in [-0.3, -0.25) is 0 Å². The molecule has 129 heavy (non-hydrogen) atoms. The van der Waals surface area contributed by atoms with Crippen LogP contribution in [0.3, 0.4) is 0 Å². The smallest absolute Gasteiger partial charge is 0.125 e. The molecule has 0 atom stereocenters. The maximum atomic E-state index is 11.9. The van der Waals surface area contributed by atoms with Gasteiger partial charge in [0.25, 0.3) is 0 Å². The third-order valence-corrected chi connectivity index (χ3v) is 29.5. The van der Waals surface area contributed by atoms with Gasteiger partial charge in [0.05, 0.1) is 19.6 Å². The van der Waals surface area contributed by atoms with Crippen LogP contribution in [0, 0.1) is 0 Å². The van der Waals surface area contributed by atoms with Crippen molar-refractivity contribution in [3.63, 3.8) is 0 Å². The molecule has 0 fully saturated rings. The summed E-state index contributed by atoms with van der Waals surface area (Å²) >= 11 is 0. The van der Waals surface area contributed by atoms with Crippen LogP contribution in [0.2, 0.25) is 0 Å². The molecule has 12 nitrogen and oxygen atoms in total. The zero-order chi connectivity index (χ0) is 92.9. The van der Waals surface area contributed by atoms with E-state index in [4.69, 9.17) is 0 Å². The predicted octanol–water partition coefficient (Wildman–Crippen LogP) is 32.9. The van der Waals surface area contributed by atoms with Gasteiger partial charge in [-0.2, -0.15) is 0 Å². The molecule has 0 unspecified atom stereocenters. The number of unbranched alkanes of at least 4 members (excludes halogenated alkanes) is 48. The van der Waals surface area contributed by atoms with Crippen LogP contribution in [-0.4, -0.2) is 79.2 Å². The van der Waals surface area contributed by atoms with Crippen LogP contribution in [0.1, 0.15) is 459 Å². The molecular weight excluding hydrogens is 1870 g/mol. The van der Waals surface area contributed by atoms with Crippen LogP contribution in [0.25, 0.3) is 43.1 Å². The third-order valence-electron chi connectivity index (χ3n) is 26.0. The number of hydrogen-bond acceptors (Lipinski definition) is 12. The van der Waals surface area contributed by atoms with E-state index >= 15 is 0 Å². The Kier molecular flexibility index (Phi) is 62.6. The summed E-state index contributed by atoms with van der Waals surface area (Å²) in [4.78, 5) is -0.288. The number of rotatable bonds is 68. The monoisotopic (exact) mass is 2050 g/mol. The Hall–Kier alpha value is -4.64. The fourth-order valence-electron chi connectivity index (χ4n) is 18.5. The zero-order valence-corrected chi connectivity index (χ0v) is 89.0. The summed E-state index contributed by atoms with van der Waals surface area (Å²) in [7, 11) is -18.0. The fraction of sp³-hybridized carbons (Fsp3) is 0.643. The second-order valence-electron chi connectivity index (χ2n) is 37.2. The molecule has 17 heteroatoms. The van der Waals surface area contributed by atoms with Gasteiger partial charge in [0.15, 0.2) is 0 Å². The molecule has 8 aromatic rings. The minimum absolute atomic E-state index is 0. The maximum Gasteiger partial charge on any atom is 0.125 e. The average molecular weight is 2050 g/mol. The van der Waals surface area contributed by atoms with Gasteiger partial charge in [0.2, 0.25) is 0 Å². The molecule has 0 saturated carbocycles. The first-order valence-electron chi connectivity index (χ1n) is 51.9. The van der Waals surface area contributed by atoms with Crippen molar-refractivity contribution in [3.8, 4) is 0 Å². The molecule has 0 bridgehead atoms. The molecule has 0 aliphatic rings. The van der Waals surface area contributed by atoms with Gasteiger partial charge < -0.3 is 18.2 Å². The summed E-state index contributed by atoms with van der Waals surface area (Å²) < 4.78 is 143. The van der Waals surface area contributed by atoms with E-state index in [0.29, 0.717) is 21.5 Å². The summed E-state index contributed by atoms with van der Waals surface area (Å²) in [5.74, 6) is 0. The first kappa shape index (κ1) is 117. The molecule has 8 rings (SSSR count). The minimum Gasteiger partial charge on any atom is -0.744 e. The van der Waals surface area contributed by atoms with E-state index in [9.17, 15) is 51.9 Å². The van der Waals surface area contributed by atoms with Crippen LogP contribution < -0.4 is 0 Å². The largest absolute Gasteiger partial charge is 0.744 e. The van der Waals surface area contributed by atoms with Crippen LogP contribution >= 0.6 is 0 Å². The van der Waals surface area contributed by atoms with Crippen molar-refractivity contribution < 1.29 is 51.9 Å². The van der Waals surface area contributed by atoms with Gasteiger partial charge in [-0.25, -0.2) is 33.7 Å². The fourth-order valence-corrected chi connectivity index (χ4v) is 21.3. The van der Waals surface area contributed by atoms with Gasteiger partial charge in [0, 0.05) is 27.3 Å². The molecule has 0 N–H and O–H groups in total. The Labute approximate surface area is 807 Å². The van der Waals surface area contributed by atoms with E-state index in [0.717, 1.165) is 124 Å². The molecule has 0 heterocycles. The van der Waals surface area contributed by atoms with Crippen molar-refractivity contribution in [2.75, 3.05) is 0 Å². The van der Waals surface area contributed by atoms with Crippen molar-refractivity contribution in [1.29, 1.82) is 0 Å². The molecule has 0 amide bonds. The molecule has 0 aliphatic heterocycles. The van der Waals surface area contributed by atoms with Crippen molar-refractivity contribution in [2.24, 2.45) is 0 Å². The van der Waals surface area contributed by atoms with E-state index in [-0.39, 0.29) is 46.9 Å². The van der Waals surface area contributed by atoms with Gasteiger partial charge in [-0.05, 0) is 239 Å². The summed E-state index contributed by atoms with van der Waals surface area (Å²) in [5.41, 5.74) is 9.44. The van der Waals surface area contributed by atoms with Crippen molar-refractivity contribution in [1.82, 2.24) is 0 Å². The summed E-state index contributed by atoms with van der Waals surface area (Å²) in [6, 6.07) is 37.4. The first-order valence-corrected chi connectivity index (χ1v) is 57.5. The van der Waals surface area contributed by atoms with Crippen LogP contribution in [0.15, 0.2) is 141 Å². The van der Waals surface area contributed by atoms with E-state index in [1.54, 1.807) is 24.3 Å². The molecule has 0 spiro atoms. The predicted molar refractivity (Wildman–Crippen MR) is 547 cm³/mol. The maximum absolute atomic E-state index is 11.9. The number of benzene rings is 8. The van der Waals surface area contributed by atoms with Crippen molar-refractivity contribution in [3.05, 3.63) is 166 Å². The Morgan fingerprint density at radius 2 is 0.302 bits per heavy atom. The van der Waals surface area contributed by atoms with Crippen molar-refractivity contribution >= 4 is 111 Å². The second-order valence-corrected chi connectivity index (χ2v) is 42.6. The molecule has 4 radical (unpaired) electrons. The van der Waals surface area contributed by atoms with Gasteiger partial charge in [-0.1, -0.05) is 436 Å². The SMILES string of the molecule is CCCCCCCCCc1cc(CCCCCCCCC)c2cccc(S(=O)(=O)[O-])c2c1.CCCCCCCCCc1cc(CCCCCCCCC)c2cccc(S(=O)(=O)[O-])c2c1.CCCCCCCCCc1cc(CCCCCCCCC)c2cccc(S(=O)(=O)[O-])c2c1.CCCCCCCCCc1cc(CCCCCCCCC)c2cccc(S(=O)(=O)[O-])c2c1.[Pb]. The Morgan fingerprint density at radius 1 is 0.171 bits per heavy atom. The van der Waals surface area contributed by atoms with Crippen LogP contribution in [0.5, 0.6) is 0 Å². The summed E-state index contributed by atoms with van der Waals surface area (Å²) in [6.45, 7) is 17.9. The molecule has 0 aromatic heterocycles. The zero-order valence-electron chi connectivity index (χ0n) is 81.8. The average Bonchev–Trinajstić information content (AvgIpc) is 0.794. The number of hydrogen-bond donors (Lipinski definition) is 0. The quantitative estimate of drug-likeness (QED) is 0.0197. The van der Waals surface area contributed by atoms with Gasteiger partial charge in [0.1, 0.15) is 40.5 Å². The molecule has 724 valence electrons. The Morgan fingerprint density at radius 3 is 0.442 bits per heavy atom. The Balaban J connectivity index is 0.000000359. The second kappa shape index (κ2) is 69.2. The van der Waals surface area contributed by atoms with Gasteiger partial charge >= 0.3 is 0 Å². The van der Waals surface area contributed by atoms with E-state index in [1.165, 1.54) is 377 Å². The molecule has 8 aromatic carbocycles. The number of aryl methyl sites for hydroxylation is 8. The standard InChI is InChI=1S/4C28H44O3S.Pb/c4*1-3-5-7-9-11-13-15-18-24-22-25(19-16-14-12-10-8-6-4-2)26-20-17-21-28(27(26)23-24)32(29,30)31;/h4*17,20-23H,3-16,18-19H2,1-2H3,(H,29,30,31);/p-4. The third kappa shape index (κ3) is 47.6. The van der Waals surface area contributed by atoms with Crippen molar-refractivity contribution in [2.45, 2.75) is 486 Å². The summed E-state index contributed by atoms with van der Waals surface area (Å²) in [6.07, 6.45) is 77.8. The Bertz CT molecular complexity index is 4220.